The summed E-state index contributed by atoms with van der Waals surface area (Å²) < 4.78 is 11.3. The van der Waals surface area contributed by atoms with Gasteiger partial charge in [0.15, 0.2) is 6.23 Å². The molecule has 0 radical (unpaired) electrons. The fourth-order valence-electron chi connectivity index (χ4n) is 2.58. The van der Waals surface area contributed by atoms with Crippen LogP contribution in [0.15, 0.2) is 41.3 Å². The fraction of sp³-hybridized carbons (Fsp3) is 0.312. The maximum atomic E-state index is 12.3. The summed E-state index contributed by atoms with van der Waals surface area (Å²) in [6.45, 7) is -0.561. The van der Waals surface area contributed by atoms with E-state index < -0.39 is 42.8 Å². The highest BCUT2D eigenvalue weighted by molar-refractivity contribution is 5.95. The number of hydrogen-bond donors (Lipinski definition) is 4. The summed E-state index contributed by atoms with van der Waals surface area (Å²) in [7, 11) is 0. The lowest BCUT2D eigenvalue weighted by atomic mass is 10.1. The molecule has 0 aliphatic carbocycles. The van der Waals surface area contributed by atoms with Gasteiger partial charge in [0.1, 0.15) is 35.4 Å². The van der Waals surface area contributed by atoms with Crippen LogP contribution in [0.5, 0.6) is 5.75 Å². The highest BCUT2D eigenvalue weighted by Gasteiger charge is 2.44. The number of ether oxygens (including phenoxy) is 2. The molecule has 1 fully saturated rings. The van der Waals surface area contributed by atoms with E-state index in [2.05, 4.69) is 4.98 Å². The number of carbonyl (C=O) groups excluding carboxylic acids is 1. The van der Waals surface area contributed by atoms with Crippen LogP contribution >= 0.6 is 0 Å². The summed E-state index contributed by atoms with van der Waals surface area (Å²) in [6.07, 6.45) is -4.30. The van der Waals surface area contributed by atoms with Gasteiger partial charge in [0.2, 0.25) is 0 Å². The number of aromatic nitrogens is 2. The van der Waals surface area contributed by atoms with Crippen molar-refractivity contribution < 1.29 is 29.6 Å². The van der Waals surface area contributed by atoms with Crippen LogP contribution in [0.3, 0.4) is 0 Å². The molecule has 26 heavy (non-hydrogen) atoms. The number of benzene rings is 1. The number of esters is 1. The molecule has 1 aromatic heterocycles. The first-order valence-electron chi connectivity index (χ1n) is 7.70. The molecule has 3 rings (SSSR count). The van der Waals surface area contributed by atoms with Gasteiger partial charge in [0.25, 0.3) is 0 Å². The van der Waals surface area contributed by atoms with Crippen LogP contribution in [0, 0.1) is 0 Å². The van der Waals surface area contributed by atoms with Crippen molar-refractivity contribution in [3.63, 3.8) is 0 Å². The summed E-state index contributed by atoms with van der Waals surface area (Å²) in [5, 5.41) is 29.0. The number of nitrogens with zero attached hydrogens (tertiary/aromatic N) is 2. The van der Waals surface area contributed by atoms with E-state index in [-0.39, 0.29) is 17.1 Å². The Hall–Kier alpha value is -2.79. The Labute approximate surface area is 147 Å². The number of hydrogen-bond acceptors (Lipinski definition) is 9. The molecule has 0 amide bonds. The van der Waals surface area contributed by atoms with E-state index in [9.17, 15) is 19.8 Å². The second-order valence-corrected chi connectivity index (χ2v) is 5.66. The van der Waals surface area contributed by atoms with E-state index in [1.165, 1.54) is 0 Å². The van der Waals surface area contributed by atoms with Crippen LogP contribution in [-0.2, 0) is 4.74 Å². The van der Waals surface area contributed by atoms with Crippen molar-refractivity contribution in [3.05, 3.63) is 52.6 Å². The Morgan fingerprint density at radius 2 is 1.96 bits per heavy atom. The second kappa shape index (κ2) is 7.22. The first-order chi connectivity index (χ1) is 12.4. The number of nitrogen functional groups attached to an aromatic ring is 1. The molecular formula is C16H17N3O7. The summed E-state index contributed by atoms with van der Waals surface area (Å²) in [4.78, 5) is 28.0. The number of aliphatic hydroxyl groups is 3. The maximum Gasteiger partial charge on any atom is 0.351 e. The van der Waals surface area contributed by atoms with Crippen molar-refractivity contribution in [2.75, 3.05) is 12.3 Å². The largest absolute Gasteiger partial charge is 0.423 e. The minimum Gasteiger partial charge on any atom is -0.423 e. The molecule has 10 heteroatoms. The van der Waals surface area contributed by atoms with Crippen LogP contribution < -0.4 is 16.2 Å². The molecule has 1 saturated heterocycles. The minimum atomic E-state index is -1.51. The molecule has 0 spiro atoms. The lowest BCUT2D eigenvalue weighted by molar-refractivity contribution is -0.0550. The van der Waals surface area contributed by atoms with E-state index in [0.717, 1.165) is 10.8 Å². The van der Waals surface area contributed by atoms with Crippen molar-refractivity contribution in [2.24, 2.45) is 0 Å². The Morgan fingerprint density at radius 1 is 1.27 bits per heavy atom. The Morgan fingerprint density at radius 3 is 2.58 bits per heavy atom. The zero-order chi connectivity index (χ0) is 18.8. The third-order valence-electron chi connectivity index (χ3n) is 3.95. The first kappa shape index (κ1) is 18.0. The molecular weight excluding hydrogens is 346 g/mol. The van der Waals surface area contributed by atoms with Gasteiger partial charge in [-0.2, -0.15) is 4.98 Å². The molecule has 10 nitrogen and oxygen atoms in total. The Kier molecular flexibility index (Phi) is 5.00. The van der Waals surface area contributed by atoms with Crippen LogP contribution in [0.1, 0.15) is 16.6 Å². The lowest BCUT2D eigenvalue weighted by Crippen LogP contribution is -2.37. The van der Waals surface area contributed by atoms with Gasteiger partial charge in [-0.3, -0.25) is 4.57 Å². The third kappa shape index (κ3) is 3.30. The summed E-state index contributed by atoms with van der Waals surface area (Å²) >= 11 is 0. The first-order valence-corrected chi connectivity index (χ1v) is 7.70. The molecule has 4 unspecified atom stereocenters. The third-order valence-corrected chi connectivity index (χ3v) is 3.95. The standard InChI is InChI=1S/C16H17N3O7/c17-13-9(15(23)25-8-4-2-1-3-5-8)6-19(16(24)18-13)14-12(22)11(21)10(7-20)26-14/h1-6,10-12,14,20-22H,7H2,(H2,17,18,24). The predicted octanol–water partition coefficient (Wildman–Crippen LogP) is -1.34. The highest BCUT2D eigenvalue weighted by Crippen LogP contribution is 2.28. The van der Waals surface area contributed by atoms with E-state index in [0.29, 0.717) is 0 Å². The molecule has 2 heterocycles. The van der Waals surface area contributed by atoms with Crippen LogP contribution in [0.4, 0.5) is 5.82 Å². The van der Waals surface area contributed by atoms with Crippen molar-refractivity contribution in [1.29, 1.82) is 0 Å². The van der Waals surface area contributed by atoms with Crippen LogP contribution in [-0.4, -0.2) is 55.8 Å². The molecule has 138 valence electrons. The monoisotopic (exact) mass is 363 g/mol. The average molecular weight is 363 g/mol. The van der Waals surface area contributed by atoms with E-state index >= 15 is 0 Å². The normalized spacial score (nSPS) is 25.2. The zero-order valence-corrected chi connectivity index (χ0v) is 13.4. The van der Waals surface area contributed by atoms with Gasteiger partial charge in [-0.25, -0.2) is 9.59 Å². The zero-order valence-electron chi connectivity index (χ0n) is 13.4. The van der Waals surface area contributed by atoms with E-state index in [1.807, 2.05) is 0 Å². The number of anilines is 1. The number of rotatable bonds is 4. The van der Waals surface area contributed by atoms with Gasteiger partial charge < -0.3 is 30.5 Å². The Balaban J connectivity index is 1.93. The van der Waals surface area contributed by atoms with Gasteiger partial charge in [-0.15, -0.1) is 0 Å². The number of carbonyl (C=O) groups is 1. The van der Waals surface area contributed by atoms with Crippen molar-refractivity contribution in [2.45, 2.75) is 24.5 Å². The molecule has 2 aromatic rings. The van der Waals surface area contributed by atoms with Gasteiger partial charge >= 0.3 is 11.7 Å². The second-order valence-electron chi connectivity index (χ2n) is 5.66. The van der Waals surface area contributed by atoms with Gasteiger partial charge in [-0.1, -0.05) is 18.2 Å². The molecule has 4 atom stereocenters. The fourth-order valence-corrected chi connectivity index (χ4v) is 2.58. The number of nitrogens with two attached hydrogens (primary N) is 1. The average Bonchev–Trinajstić information content (AvgIpc) is 2.91. The molecule has 1 aliphatic rings. The van der Waals surface area contributed by atoms with E-state index in [1.54, 1.807) is 30.3 Å². The van der Waals surface area contributed by atoms with Gasteiger partial charge in [0.05, 0.1) is 6.61 Å². The highest BCUT2D eigenvalue weighted by atomic mass is 16.6. The SMILES string of the molecule is Nc1nc(=O)n(C2OC(CO)C(O)C2O)cc1C(=O)Oc1ccccc1. The number of para-hydroxylation sites is 1. The summed E-state index contributed by atoms with van der Waals surface area (Å²) in [6, 6.07) is 8.21. The lowest BCUT2D eigenvalue weighted by Gasteiger charge is -2.18. The van der Waals surface area contributed by atoms with Crippen molar-refractivity contribution >= 4 is 11.8 Å². The number of aliphatic hydroxyl groups excluding tert-OH is 3. The molecule has 0 bridgehead atoms. The molecule has 1 aromatic carbocycles. The van der Waals surface area contributed by atoms with Crippen molar-refractivity contribution in [1.82, 2.24) is 9.55 Å². The summed E-state index contributed by atoms with van der Waals surface area (Å²) in [5.41, 5.74) is 4.53. The van der Waals surface area contributed by atoms with Crippen LogP contribution in [0.2, 0.25) is 0 Å². The Bertz CT molecular complexity index is 855. The smallest absolute Gasteiger partial charge is 0.351 e. The molecule has 0 saturated carbocycles. The summed E-state index contributed by atoms with van der Waals surface area (Å²) in [5.74, 6) is -0.941. The maximum absolute atomic E-state index is 12.3. The van der Waals surface area contributed by atoms with Gasteiger partial charge in [-0.05, 0) is 12.1 Å². The quantitative estimate of drug-likeness (QED) is 0.381. The molecule has 1 aliphatic heterocycles. The van der Waals surface area contributed by atoms with Gasteiger partial charge in [0, 0.05) is 6.20 Å². The minimum absolute atomic E-state index is 0.216. The topological polar surface area (TPSA) is 157 Å². The predicted molar refractivity (Wildman–Crippen MR) is 87.3 cm³/mol. The van der Waals surface area contributed by atoms with E-state index in [4.69, 9.17) is 20.3 Å². The van der Waals surface area contributed by atoms with Crippen molar-refractivity contribution in [3.8, 4) is 5.75 Å². The molecule has 5 N–H and O–H groups in total. The van der Waals surface area contributed by atoms with Crippen LogP contribution in [0.25, 0.3) is 0 Å².